The van der Waals surface area contributed by atoms with Crippen LogP contribution in [0.15, 0.2) is 48.7 Å². The molecule has 0 unspecified atom stereocenters. The first-order valence-corrected chi connectivity index (χ1v) is 9.62. The molecular weight excluding hydrogens is 350 g/mol. The number of amides is 1. The van der Waals surface area contributed by atoms with Crippen LogP contribution in [0.2, 0.25) is 0 Å². The van der Waals surface area contributed by atoms with Crippen molar-refractivity contribution in [2.45, 2.75) is 26.2 Å². The van der Waals surface area contributed by atoms with Gasteiger partial charge in [-0.1, -0.05) is 26.8 Å². The van der Waals surface area contributed by atoms with Crippen LogP contribution in [0.4, 0.5) is 5.82 Å². The molecule has 0 aliphatic carbocycles. The molecule has 1 aromatic carbocycles. The summed E-state index contributed by atoms with van der Waals surface area (Å²) in [5.41, 5.74) is 2.56. The summed E-state index contributed by atoms with van der Waals surface area (Å²) in [5, 5.41) is 12.7. The highest BCUT2D eigenvalue weighted by atomic mass is 16.1. The fourth-order valence-corrected chi connectivity index (χ4v) is 3.34. The number of rotatable bonds is 4. The molecule has 1 aliphatic rings. The molecule has 1 saturated heterocycles. The largest absolute Gasteiger partial charge is 0.354 e. The Morgan fingerprint density at radius 2 is 1.96 bits per heavy atom. The van der Waals surface area contributed by atoms with Crippen LogP contribution in [0, 0.1) is 5.92 Å². The number of aromatic nitrogens is 3. The standard InChI is InChI=1S/C22H25N5O/c1-22(2,3)19-8-9-20(26-25-19)27-13-15(14-27)12-24-21(28)17-6-7-18-16(11-17)5-4-10-23-18/h4-11,15H,12-14H2,1-3H3,(H,24,28). The van der Waals surface area contributed by atoms with Gasteiger partial charge in [-0.25, -0.2) is 0 Å². The van der Waals surface area contributed by atoms with E-state index in [4.69, 9.17) is 0 Å². The molecule has 1 fully saturated rings. The molecule has 3 aromatic rings. The lowest BCUT2D eigenvalue weighted by Gasteiger charge is -2.40. The normalized spacial score (nSPS) is 14.8. The number of pyridine rings is 1. The quantitative estimate of drug-likeness (QED) is 0.758. The molecule has 0 spiro atoms. The van der Waals surface area contributed by atoms with Crippen LogP contribution >= 0.6 is 0 Å². The Labute approximate surface area is 165 Å². The van der Waals surface area contributed by atoms with Gasteiger partial charge in [0.1, 0.15) is 0 Å². The lowest BCUT2D eigenvalue weighted by atomic mass is 9.92. The van der Waals surface area contributed by atoms with Crippen LogP contribution < -0.4 is 10.2 Å². The molecule has 144 valence electrons. The number of benzene rings is 1. The minimum absolute atomic E-state index is 0.00607. The van der Waals surface area contributed by atoms with E-state index >= 15 is 0 Å². The first-order valence-electron chi connectivity index (χ1n) is 9.62. The van der Waals surface area contributed by atoms with Gasteiger partial charge in [0, 0.05) is 48.1 Å². The number of hydrogen-bond acceptors (Lipinski definition) is 5. The van der Waals surface area contributed by atoms with E-state index in [9.17, 15) is 4.79 Å². The molecule has 1 N–H and O–H groups in total. The zero-order valence-corrected chi connectivity index (χ0v) is 16.5. The molecule has 28 heavy (non-hydrogen) atoms. The van der Waals surface area contributed by atoms with E-state index in [1.54, 1.807) is 6.20 Å². The second-order valence-corrected chi connectivity index (χ2v) is 8.42. The molecule has 0 atom stereocenters. The first kappa shape index (κ1) is 18.3. The maximum absolute atomic E-state index is 12.4. The zero-order chi connectivity index (χ0) is 19.7. The summed E-state index contributed by atoms with van der Waals surface area (Å²) in [4.78, 5) is 18.9. The summed E-state index contributed by atoms with van der Waals surface area (Å²) in [6.07, 6.45) is 1.76. The van der Waals surface area contributed by atoms with Crippen molar-refractivity contribution in [1.29, 1.82) is 0 Å². The van der Waals surface area contributed by atoms with Crippen molar-refractivity contribution >= 4 is 22.6 Å². The van der Waals surface area contributed by atoms with E-state index in [1.807, 2.05) is 42.5 Å². The van der Waals surface area contributed by atoms with E-state index in [1.165, 1.54) is 0 Å². The molecule has 6 nitrogen and oxygen atoms in total. The van der Waals surface area contributed by atoms with Gasteiger partial charge in [-0.05, 0) is 36.4 Å². The van der Waals surface area contributed by atoms with Gasteiger partial charge in [0.05, 0.1) is 11.2 Å². The highest BCUT2D eigenvalue weighted by Crippen LogP contribution is 2.25. The molecule has 0 bridgehead atoms. The Balaban J connectivity index is 1.29. The van der Waals surface area contributed by atoms with Gasteiger partial charge in [-0.3, -0.25) is 9.78 Å². The summed E-state index contributed by atoms with van der Waals surface area (Å²) in [5.74, 6) is 1.28. The Bertz CT molecular complexity index is 988. The highest BCUT2D eigenvalue weighted by Gasteiger charge is 2.28. The maximum Gasteiger partial charge on any atom is 0.251 e. The number of anilines is 1. The number of nitrogens with one attached hydrogen (secondary N) is 1. The van der Waals surface area contributed by atoms with Gasteiger partial charge in [0.15, 0.2) is 5.82 Å². The average Bonchev–Trinajstić information content (AvgIpc) is 2.66. The Kier molecular flexibility index (Phi) is 4.71. The molecule has 0 radical (unpaired) electrons. The number of carbonyl (C=O) groups is 1. The molecule has 4 rings (SSSR count). The van der Waals surface area contributed by atoms with E-state index < -0.39 is 0 Å². The molecule has 3 heterocycles. The van der Waals surface area contributed by atoms with Crippen LogP contribution in [0.1, 0.15) is 36.8 Å². The Morgan fingerprint density at radius 1 is 1.14 bits per heavy atom. The third-order valence-corrected chi connectivity index (χ3v) is 5.12. The molecule has 1 aliphatic heterocycles. The summed E-state index contributed by atoms with van der Waals surface area (Å²) in [6, 6.07) is 13.5. The summed E-state index contributed by atoms with van der Waals surface area (Å²) >= 11 is 0. The minimum atomic E-state index is -0.0430. The van der Waals surface area contributed by atoms with Crippen molar-refractivity contribution in [3.05, 3.63) is 59.9 Å². The second kappa shape index (κ2) is 7.19. The predicted octanol–water partition coefficient (Wildman–Crippen LogP) is 3.19. The van der Waals surface area contributed by atoms with E-state index in [0.717, 1.165) is 35.5 Å². The van der Waals surface area contributed by atoms with Gasteiger partial charge in [0.25, 0.3) is 5.91 Å². The third-order valence-electron chi connectivity index (χ3n) is 5.12. The molecule has 1 amide bonds. The van der Waals surface area contributed by atoms with Gasteiger partial charge in [-0.15, -0.1) is 5.10 Å². The van der Waals surface area contributed by atoms with Crippen LogP contribution in [0.3, 0.4) is 0 Å². The fourth-order valence-electron chi connectivity index (χ4n) is 3.34. The number of fused-ring (bicyclic) bond motifs is 1. The first-order chi connectivity index (χ1) is 13.4. The molecular formula is C22H25N5O. The van der Waals surface area contributed by atoms with Gasteiger partial charge in [0.2, 0.25) is 0 Å². The Hall–Kier alpha value is -3.02. The summed E-state index contributed by atoms with van der Waals surface area (Å²) in [6.45, 7) is 8.81. The van der Waals surface area contributed by atoms with Gasteiger partial charge in [-0.2, -0.15) is 5.10 Å². The number of carbonyl (C=O) groups excluding carboxylic acids is 1. The second-order valence-electron chi connectivity index (χ2n) is 8.42. The monoisotopic (exact) mass is 375 g/mol. The van der Waals surface area contributed by atoms with E-state index in [2.05, 4.69) is 46.2 Å². The van der Waals surface area contributed by atoms with Gasteiger partial charge < -0.3 is 10.2 Å². The van der Waals surface area contributed by atoms with E-state index in [-0.39, 0.29) is 11.3 Å². The van der Waals surface area contributed by atoms with Crippen molar-refractivity contribution in [3.8, 4) is 0 Å². The van der Waals surface area contributed by atoms with Crippen molar-refractivity contribution in [2.75, 3.05) is 24.5 Å². The maximum atomic E-state index is 12.4. The summed E-state index contributed by atoms with van der Waals surface area (Å²) in [7, 11) is 0. The molecule has 2 aromatic heterocycles. The van der Waals surface area contributed by atoms with Crippen LogP contribution in [0.25, 0.3) is 10.9 Å². The van der Waals surface area contributed by atoms with Crippen LogP contribution in [0.5, 0.6) is 0 Å². The van der Waals surface area contributed by atoms with Crippen LogP contribution in [-0.2, 0) is 5.41 Å². The van der Waals surface area contributed by atoms with Gasteiger partial charge >= 0.3 is 0 Å². The topological polar surface area (TPSA) is 71.0 Å². The summed E-state index contributed by atoms with van der Waals surface area (Å²) < 4.78 is 0. The van der Waals surface area contributed by atoms with Crippen molar-refractivity contribution in [2.24, 2.45) is 5.92 Å². The average molecular weight is 375 g/mol. The third kappa shape index (κ3) is 3.81. The van der Waals surface area contributed by atoms with E-state index in [0.29, 0.717) is 18.0 Å². The fraction of sp³-hybridized carbons (Fsp3) is 0.364. The molecule has 6 heteroatoms. The highest BCUT2D eigenvalue weighted by molar-refractivity contribution is 5.97. The van der Waals surface area contributed by atoms with Crippen LogP contribution in [-0.4, -0.2) is 40.7 Å². The number of hydrogen-bond donors (Lipinski definition) is 1. The van der Waals surface area contributed by atoms with Crippen molar-refractivity contribution in [1.82, 2.24) is 20.5 Å². The zero-order valence-electron chi connectivity index (χ0n) is 16.5. The SMILES string of the molecule is CC(C)(C)c1ccc(N2CC(CNC(=O)c3ccc4ncccc4c3)C2)nn1. The minimum Gasteiger partial charge on any atom is -0.354 e. The lowest BCUT2D eigenvalue weighted by molar-refractivity contribution is 0.0944. The smallest absolute Gasteiger partial charge is 0.251 e. The predicted molar refractivity (Wildman–Crippen MR) is 111 cm³/mol. The Morgan fingerprint density at radius 3 is 2.68 bits per heavy atom. The van der Waals surface area contributed by atoms with Crippen molar-refractivity contribution < 1.29 is 4.79 Å². The number of nitrogens with zero attached hydrogens (tertiary/aromatic N) is 4. The molecule has 0 saturated carbocycles. The van der Waals surface area contributed by atoms with Crippen molar-refractivity contribution in [3.63, 3.8) is 0 Å². The lowest BCUT2D eigenvalue weighted by Crippen LogP contribution is -2.52.